The van der Waals surface area contributed by atoms with Crippen LogP contribution in [0.4, 0.5) is 17.6 Å². The summed E-state index contributed by atoms with van der Waals surface area (Å²) in [7, 11) is 1.54. The number of alkyl halides is 4. The van der Waals surface area contributed by atoms with Gasteiger partial charge in [0.25, 0.3) is 0 Å². The first-order valence-corrected chi connectivity index (χ1v) is 4.92. The van der Waals surface area contributed by atoms with E-state index in [1.165, 1.54) is 0 Å². The van der Waals surface area contributed by atoms with Crippen LogP contribution < -0.4 is 0 Å². The van der Waals surface area contributed by atoms with Crippen molar-refractivity contribution < 1.29 is 17.6 Å². The Morgan fingerprint density at radius 3 is 2.10 bits per heavy atom. The number of halogens is 4. The summed E-state index contributed by atoms with van der Waals surface area (Å²) in [5.74, 6) is -0.779. The van der Waals surface area contributed by atoms with Crippen molar-refractivity contribution in [3.05, 3.63) is 0 Å². The van der Waals surface area contributed by atoms with E-state index in [2.05, 4.69) is 0 Å². The van der Waals surface area contributed by atoms with E-state index in [4.69, 9.17) is 0 Å². The zero-order chi connectivity index (χ0) is 8.04. The summed E-state index contributed by atoms with van der Waals surface area (Å²) in [6.45, 7) is -0.574. The van der Waals surface area contributed by atoms with E-state index in [0.29, 0.717) is 10.8 Å². The van der Waals surface area contributed by atoms with Crippen molar-refractivity contribution in [3.8, 4) is 0 Å². The highest BCUT2D eigenvalue weighted by molar-refractivity contribution is 8.76. The quantitative estimate of drug-likeness (QED) is 0.383. The monoisotopic (exact) mass is 194 g/mol. The van der Waals surface area contributed by atoms with Gasteiger partial charge in [-0.2, -0.15) is 13.2 Å². The molecular formula is C4H6F4S2. The second-order valence-corrected chi connectivity index (χ2v) is 3.97. The van der Waals surface area contributed by atoms with Gasteiger partial charge in [-0.1, -0.05) is 21.6 Å². The van der Waals surface area contributed by atoms with Gasteiger partial charge in [0.05, 0.1) is 12.4 Å². The van der Waals surface area contributed by atoms with Crippen molar-refractivity contribution in [2.45, 2.75) is 6.18 Å². The average molecular weight is 194 g/mol. The van der Waals surface area contributed by atoms with E-state index >= 15 is 0 Å². The van der Waals surface area contributed by atoms with Gasteiger partial charge in [0.15, 0.2) is 0 Å². The fourth-order valence-corrected chi connectivity index (χ4v) is 1.79. The van der Waals surface area contributed by atoms with Crippen molar-refractivity contribution in [1.29, 1.82) is 0 Å². The van der Waals surface area contributed by atoms with Gasteiger partial charge in [-0.25, -0.2) is 0 Å². The summed E-state index contributed by atoms with van der Waals surface area (Å²) in [6, 6.07) is 0. The molecule has 6 heteroatoms. The average Bonchev–Trinajstić information content (AvgIpc) is 1.78. The lowest BCUT2D eigenvalue weighted by molar-refractivity contribution is -0.104. The van der Waals surface area contributed by atoms with Crippen LogP contribution in [-0.2, 0) is 0 Å². The van der Waals surface area contributed by atoms with Crippen LogP contribution in [-0.4, -0.2) is 24.4 Å². The van der Waals surface area contributed by atoms with Gasteiger partial charge in [0, 0.05) is 5.75 Å². The van der Waals surface area contributed by atoms with Gasteiger partial charge in [-0.05, 0) is 0 Å². The Morgan fingerprint density at radius 2 is 1.70 bits per heavy atom. The fraction of sp³-hybridized carbons (Fsp3) is 1.00. The van der Waals surface area contributed by atoms with Crippen molar-refractivity contribution >= 4 is 21.6 Å². The van der Waals surface area contributed by atoms with Crippen LogP contribution >= 0.6 is 21.6 Å². The maximum atomic E-state index is 11.4. The molecule has 0 nitrogen and oxygen atoms in total. The maximum Gasteiger partial charge on any atom is 0.398 e. The zero-order valence-corrected chi connectivity index (χ0v) is 6.58. The third-order valence-electron chi connectivity index (χ3n) is 0.466. The Morgan fingerprint density at radius 1 is 1.10 bits per heavy atom. The molecule has 0 aliphatic rings. The van der Waals surface area contributed by atoms with Crippen LogP contribution in [0.1, 0.15) is 0 Å². The lowest BCUT2D eigenvalue weighted by Gasteiger charge is -2.02. The molecule has 0 spiro atoms. The Balaban J connectivity index is 3.04. The summed E-state index contributed by atoms with van der Waals surface area (Å²) < 4.78 is 45.4. The predicted molar refractivity (Wildman–Crippen MR) is 36.9 cm³/mol. The minimum absolute atomic E-state index is 0.126. The molecule has 0 amide bonds. The van der Waals surface area contributed by atoms with Gasteiger partial charge in [0.1, 0.15) is 0 Å². The molecule has 0 saturated carbocycles. The summed E-state index contributed by atoms with van der Waals surface area (Å²) in [4.78, 5) is 0. The number of rotatable bonds is 4. The highest BCUT2D eigenvalue weighted by atomic mass is 33.1. The lowest BCUT2D eigenvalue weighted by Crippen LogP contribution is -2.09. The zero-order valence-electron chi connectivity index (χ0n) is 4.95. The number of hydrogen-bond donors (Lipinski definition) is 0. The van der Waals surface area contributed by atoms with Gasteiger partial charge in [0.2, 0.25) is 0 Å². The summed E-state index contributed by atoms with van der Waals surface area (Å²) in [5, 5.41) is 0. The molecule has 0 aromatic heterocycles. The van der Waals surface area contributed by atoms with Crippen LogP contribution in [0.3, 0.4) is 0 Å². The molecule has 62 valence electrons. The molecule has 0 radical (unpaired) electrons. The van der Waals surface area contributed by atoms with Gasteiger partial charge < -0.3 is 0 Å². The third kappa shape index (κ3) is 8.42. The second-order valence-electron chi connectivity index (χ2n) is 1.39. The van der Waals surface area contributed by atoms with E-state index in [1.807, 2.05) is 0 Å². The Hall–Kier alpha value is 0.420. The molecule has 0 bridgehead atoms. The van der Waals surface area contributed by atoms with E-state index < -0.39 is 18.6 Å². The molecule has 0 aliphatic carbocycles. The van der Waals surface area contributed by atoms with Crippen molar-refractivity contribution in [1.82, 2.24) is 0 Å². The Labute approximate surface area is 64.1 Å². The summed E-state index contributed by atoms with van der Waals surface area (Å²) in [5.41, 5.74) is 0. The fourth-order valence-electron chi connectivity index (χ4n) is 0.199. The normalized spacial score (nSPS) is 12.0. The summed E-state index contributed by atoms with van der Waals surface area (Å²) in [6.07, 6.45) is -4.13. The molecule has 0 unspecified atom stereocenters. The van der Waals surface area contributed by atoms with Crippen LogP contribution in [0.25, 0.3) is 0 Å². The highest BCUT2D eigenvalue weighted by Gasteiger charge is 2.26. The molecular weight excluding hydrogens is 188 g/mol. The van der Waals surface area contributed by atoms with Gasteiger partial charge in [-0.3, -0.25) is 4.39 Å². The maximum absolute atomic E-state index is 11.4. The smallest absolute Gasteiger partial charge is 0.250 e. The van der Waals surface area contributed by atoms with Gasteiger partial charge >= 0.3 is 6.18 Å². The molecule has 0 heterocycles. The van der Waals surface area contributed by atoms with E-state index in [0.717, 1.165) is 10.8 Å². The molecule has 0 atom stereocenters. The molecule has 10 heavy (non-hydrogen) atoms. The molecule has 0 N–H and O–H groups in total. The molecule has 0 saturated heterocycles. The standard InChI is InChI=1S/C4H6F4S2/c5-1-2-9-10-3-4(6,7)8/h1-3H2. The van der Waals surface area contributed by atoms with Crippen LogP contribution in [0, 0.1) is 0 Å². The Kier molecular flexibility index (Phi) is 5.34. The van der Waals surface area contributed by atoms with Crippen LogP contribution in [0.2, 0.25) is 0 Å². The van der Waals surface area contributed by atoms with Crippen LogP contribution in [0.5, 0.6) is 0 Å². The largest absolute Gasteiger partial charge is 0.398 e. The molecule has 0 aromatic rings. The van der Waals surface area contributed by atoms with Crippen molar-refractivity contribution in [2.75, 3.05) is 18.2 Å². The van der Waals surface area contributed by atoms with E-state index in [-0.39, 0.29) is 5.75 Å². The first-order valence-electron chi connectivity index (χ1n) is 2.43. The Bertz CT molecular complexity index is 81.8. The second kappa shape index (κ2) is 5.12. The van der Waals surface area contributed by atoms with Crippen molar-refractivity contribution in [3.63, 3.8) is 0 Å². The van der Waals surface area contributed by atoms with Gasteiger partial charge in [-0.15, -0.1) is 0 Å². The topological polar surface area (TPSA) is 0 Å². The third-order valence-corrected chi connectivity index (χ3v) is 2.75. The highest BCUT2D eigenvalue weighted by Crippen LogP contribution is 2.29. The summed E-state index contributed by atoms with van der Waals surface area (Å²) >= 11 is 0. The minimum Gasteiger partial charge on any atom is -0.250 e. The lowest BCUT2D eigenvalue weighted by atomic mass is 10.8. The number of hydrogen-bond acceptors (Lipinski definition) is 2. The molecule has 0 aliphatic heterocycles. The van der Waals surface area contributed by atoms with Crippen molar-refractivity contribution in [2.24, 2.45) is 0 Å². The minimum atomic E-state index is -4.13. The molecule has 0 aromatic carbocycles. The predicted octanol–water partition coefficient (Wildman–Crippen LogP) is 2.90. The molecule has 0 rings (SSSR count). The van der Waals surface area contributed by atoms with E-state index in [1.54, 1.807) is 0 Å². The first-order chi connectivity index (χ1) is 4.56. The first kappa shape index (κ1) is 10.4. The van der Waals surface area contributed by atoms with Crippen LogP contribution in [0.15, 0.2) is 0 Å². The van der Waals surface area contributed by atoms with E-state index in [9.17, 15) is 17.6 Å². The molecule has 0 fully saturated rings. The SMILES string of the molecule is FCCSSCC(F)(F)F.